The molecule has 4 nitrogen and oxygen atoms in total. The summed E-state index contributed by atoms with van der Waals surface area (Å²) in [7, 11) is 0. The number of imidazole rings is 1. The van der Waals surface area contributed by atoms with Crippen molar-refractivity contribution in [3.63, 3.8) is 0 Å². The molecule has 0 amide bonds. The molecule has 0 aliphatic carbocycles. The van der Waals surface area contributed by atoms with Gasteiger partial charge in [0.2, 0.25) is 0 Å². The average molecular weight is 265 g/mol. The molecular weight excluding hydrogens is 250 g/mol. The molecule has 4 rings (SSSR count). The minimum absolute atomic E-state index is 0.542. The van der Waals surface area contributed by atoms with E-state index in [1.807, 2.05) is 24.3 Å². The van der Waals surface area contributed by atoms with Crippen molar-refractivity contribution >= 4 is 11.0 Å². The molecule has 1 aliphatic heterocycles. The number of nitrogens with two attached hydrogens (primary N) is 1. The number of nitrogens with zero attached hydrogens (tertiary/aromatic N) is 1. The van der Waals surface area contributed by atoms with E-state index in [0.29, 0.717) is 6.54 Å². The lowest BCUT2D eigenvalue weighted by molar-refractivity contribution is 0.357. The molecule has 2 aromatic carbocycles. The monoisotopic (exact) mass is 265 g/mol. The molecule has 0 spiro atoms. The van der Waals surface area contributed by atoms with Gasteiger partial charge in [0.25, 0.3) is 0 Å². The maximum Gasteiger partial charge on any atom is 0.138 e. The van der Waals surface area contributed by atoms with Crippen LogP contribution in [0.25, 0.3) is 22.4 Å². The zero-order valence-corrected chi connectivity index (χ0v) is 11.0. The Hall–Kier alpha value is -2.33. The van der Waals surface area contributed by atoms with Crippen LogP contribution in [-0.4, -0.2) is 16.6 Å². The van der Waals surface area contributed by atoms with Gasteiger partial charge in [-0.2, -0.15) is 0 Å². The number of ether oxygens (including phenoxy) is 1. The van der Waals surface area contributed by atoms with Gasteiger partial charge in [-0.25, -0.2) is 4.98 Å². The summed E-state index contributed by atoms with van der Waals surface area (Å²) >= 11 is 0. The van der Waals surface area contributed by atoms with E-state index >= 15 is 0 Å². The van der Waals surface area contributed by atoms with Crippen molar-refractivity contribution in [1.29, 1.82) is 0 Å². The highest BCUT2D eigenvalue weighted by atomic mass is 16.5. The molecule has 0 saturated heterocycles. The molecule has 0 unspecified atom stereocenters. The second kappa shape index (κ2) is 4.35. The minimum atomic E-state index is 0.542. The SMILES string of the molecule is NCc1ccc2nc(-c3ccc4c(c3)CCO4)[nH]c2c1. The van der Waals surface area contributed by atoms with Crippen molar-refractivity contribution in [3.05, 3.63) is 47.5 Å². The van der Waals surface area contributed by atoms with Crippen LogP contribution in [0.5, 0.6) is 5.75 Å². The first-order chi connectivity index (χ1) is 9.83. The third kappa shape index (κ3) is 1.77. The predicted molar refractivity (Wildman–Crippen MR) is 78.6 cm³/mol. The lowest BCUT2D eigenvalue weighted by Crippen LogP contribution is -1.95. The van der Waals surface area contributed by atoms with Crippen LogP contribution in [-0.2, 0) is 13.0 Å². The van der Waals surface area contributed by atoms with Crippen molar-refractivity contribution in [2.75, 3.05) is 6.61 Å². The lowest BCUT2D eigenvalue weighted by Gasteiger charge is -2.01. The van der Waals surface area contributed by atoms with Gasteiger partial charge in [0.1, 0.15) is 11.6 Å². The summed E-state index contributed by atoms with van der Waals surface area (Å²) in [5.41, 5.74) is 11.1. The quantitative estimate of drug-likeness (QED) is 0.748. The largest absolute Gasteiger partial charge is 0.493 e. The Balaban J connectivity index is 1.81. The van der Waals surface area contributed by atoms with Crippen molar-refractivity contribution in [2.45, 2.75) is 13.0 Å². The maximum atomic E-state index is 5.67. The van der Waals surface area contributed by atoms with Crippen LogP contribution in [0.4, 0.5) is 0 Å². The first-order valence-electron chi connectivity index (χ1n) is 6.78. The number of aromatic nitrogens is 2. The van der Waals surface area contributed by atoms with Crippen LogP contribution in [0.2, 0.25) is 0 Å². The predicted octanol–water partition coefficient (Wildman–Crippen LogP) is 2.62. The lowest BCUT2D eigenvalue weighted by atomic mass is 10.1. The summed E-state index contributed by atoms with van der Waals surface area (Å²) in [6.45, 7) is 1.32. The summed E-state index contributed by atoms with van der Waals surface area (Å²) in [6, 6.07) is 12.3. The Kier molecular flexibility index (Phi) is 2.50. The fraction of sp³-hybridized carbons (Fsp3) is 0.188. The zero-order valence-electron chi connectivity index (χ0n) is 11.0. The number of fused-ring (bicyclic) bond motifs is 2. The molecule has 0 fully saturated rings. The van der Waals surface area contributed by atoms with Gasteiger partial charge in [-0.05, 0) is 41.5 Å². The Bertz CT molecular complexity index is 792. The van der Waals surface area contributed by atoms with Gasteiger partial charge in [-0.15, -0.1) is 0 Å². The van der Waals surface area contributed by atoms with E-state index in [1.165, 1.54) is 5.56 Å². The van der Waals surface area contributed by atoms with Gasteiger partial charge in [-0.3, -0.25) is 0 Å². The zero-order chi connectivity index (χ0) is 13.5. The number of benzene rings is 2. The molecule has 3 N–H and O–H groups in total. The standard InChI is InChI=1S/C16H15N3O/c17-9-10-1-3-13-14(7-10)19-16(18-13)12-2-4-15-11(8-12)5-6-20-15/h1-4,7-8H,5-6,9,17H2,(H,18,19). The normalized spacial score (nSPS) is 13.4. The van der Waals surface area contributed by atoms with Crippen LogP contribution in [0.3, 0.4) is 0 Å². The Labute approximate surface area is 116 Å². The molecule has 1 aliphatic rings. The molecular formula is C16H15N3O. The second-order valence-corrected chi connectivity index (χ2v) is 5.06. The summed E-state index contributed by atoms with van der Waals surface area (Å²) < 4.78 is 5.53. The molecule has 3 aromatic rings. The number of hydrogen-bond donors (Lipinski definition) is 2. The highest BCUT2D eigenvalue weighted by Crippen LogP contribution is 2.30. The molecule has 0 atom stereocenters. The number of H-pyrrole nitrogens is 1. The molecule has 1 aromatic heterocycles. The Morgan fingerprint density at radius 3 is 3.05 bits per heavy atom. The van der Waals surface area contributed by atoms with E-state index in [1.54, 1.807) is 0 Å². The van der Waals surface area contributed by atoms with E-state index in [0.717, 1.165) is 46.8 Å². The Morgan fingerprint density at radius 1 is 1.20 bits per heavy atom. The number of nitrogens with one attached hydrogen (secondary N) is 1. The Morgan fingerprint density at radius 2 is 2.15 bits per heavy atom. The highest BCUT2D eigenvalue weighted by molar-refractivity contribution is 5.80. The summed E-state index contributed by atoms with van der Waals surface area (Å²) in [5.74, 6) is 1.89. The summed E-state index contributed by atoms with van der Waals surface area (Å²) in [5, 5.41) is 0. The second-order valence-electron chi connectivity index (χ2n) is 5.06. The van der Waals surface area contributed by atoms with Crippen LogP contribution in [0.1, 0.15) is 11.1 Å². The van der Waals surface area contributed by atoms with E-state index < -0.39 is 0 Å². The van der Waals surface area contributed by atoms with Crippen molar-refractivity contribution in [2.24, 2.45) is 5.73 Å². The fourth-order valence-corrected chi connectivity index (χ4v) is 2.65. The van der Waals surface area contributed by atoms with Crippen LogP contribution in [0, 0.1) is 0 Å². The van der Waals surface area contributed by atoms with Crippen molar-refractivity contribution in [1.82, 2.24) is 9.97 Å². The van der Waals surface area contributed by atoms with Gasteiger partial charge >= 0.3 is 0 Å². The fourth-order valence-electron chi connectivity index (χ4n) is 2.65. The summed E-state index contributed by atoms with van der Waals surface area (Å²) in [6.07, 6.45) is 0.973. The smallest absolute Gasteiger partial charge is 0.138 e. The van der Waals surface area contributed by atoms with Crippen molar-refractivity contribution < 1.29 is 4.74 Å². The van der Waals surface area contributed by atoms with E-state index in [-0.39, 0.29) is 0 Å². The topological polar surface area (TPSA) is 63.9 Å². The molecule has 100 valence electrons. The van der Waals surface area contributed by atoms with Crippen molar-refractivity contribution in [3.8, 4) is 17.1 Å². The number of hydrogen-bond acceptors (Lipinski definition) is 3. The molecule has 20 heavy (non-hydrogen) atoms. The highest BCUT2D eigenvalue weighted by Gasteiger charge is 2.14. The van der Waals surface area contributed by atoms with E-state index in [9.17, 15) is 0 Å². The van der Waals surface area contributed by atoms with Gasteiger partial charge < -0.3 is 15.5 Å². The van der Waals surface area contributed by atoms with Crippen LogP contribution >= 0.6 is 0 Å². The van der Waals surface area contributed by atoms with Crippen LogP contribution < -0.4 is 10.5 Å². The average Bonchev–Trinajstić information content (AvgIpc) is 3.11. The first-order valence-corrected chi connectivity index (χ1v) is 6.78. The molecule has 2 heterocycles. The third-order valence-electron chi connectivity index (χ3n) is 3.74. The van der Waals surface area contributed by atoms with Gasteiger partial charge in [0.15, 0.2) is 0 Å². The maximum absolute atomic E-state index is 5.67. The molecule has 4 heteroatoms. The van der Waals surface area contributed by atoms with Gasteiger partial charge in [0, 0.05) is 18.5 Å². The van der Waals surface area contributed by atoms with Gasteiger partial charge in [-0.1, -0.05) is 6.07 Å². The molecule has 0 saturated carbocycles. The van der Waals surface area contributed by atoms with E-state index in [2.05, 4.69) is 22.1 Å². The third-order valence-corrected chi connectivity index (χ3v) is 3.74. The number of aromatic amines is 1. The van der Waals surface area contributed by atoms with Gasteiger partial charge in [0.05, 0.1) is 17.6 Å². The number of rotatable bonds is 2. The summed E-state index contributed by atoms with van der Waals surface area (Å²) in [4.78, 5) is 8.02. The first kappa shape index (κ1) is 11.5. The molecule has 0 radical (unpaired) electrons. The minimum Gasteiger partial charge on any atom is -0.493 e. The van der Waals surface area contributed by atoms with E-state index in [4.69, 9.17) is 10.5 Å². The van der Waals surface area contributed by atoms with Crippen LogP contribution in [0.15, 0.2) is 36.4 Å². The molecule has 0 bridgehead atoms.